The quantitative estimate of drug-likeness (QED) is 0.0855. The fraction of sp³-hybridized carbons (Fsp3) is 0.0625. The molecule has 12 rings (SSSR count). The van der Waals surface area contributed by atoms with Gasteiger partial charge in [-0.15, -0.1) is 0 Å². The number of imidazole rings is 6. The summed E-state index contributed by atoms with van der Waals surface area (Å²) in [5.74, 6) is 0. The Hall–Kier alpha value is -9.46. The average Bonchev–Trinajstić information content (AvgIpc) is 4.12. The molecule has 0 aliphatic heterocycles. The van der Waals surface area contributed by atoms with E-state index in [-0.39, 0.29) is 38.5 Å². The van der Waals surface area contributed by atoms with Gasteiger partial charge in [0.2, 0.25) is 0 Å². The molecule has 64 heavy (non-hydrogen) atoms. The summed E-state index contributed by atoms with van der Waals surface area (Å²) in [6.07, 6.45) is 13.0. The lowest BCUT2D eigenvalue weighted by atomic mass is 10.4. The van der Waals surface area contributed by atoms with Gasteiger partial charge in [0.1, 0.15) is 26.7 Å². The summed E-state index contributed by atoms with van der Waals surface area (Å²) in [6.45, 7) is 1.80. The number of fused-ring (bicyclic) bond motifs is 6. The zero-order valence-electron chi connectivity index (χ0n) is 32.4. The second-order valence-corrected chi connectivity index (χ2v) is 13.1. The van der Waals surface area contributed by atoms with Gasteiger partial charge in [0.25, 0.3) is 16.7 Å². The Kier molecular flexibility index (Phi) is 12.6. The van der Waals surface area contributed by atoms with Gasteiger partial charge in [0.05, 0.1) is 56.8 Å². The van der Waals surface area contributed by atoms with Crippen molar-refractivity contribution in [1.82, 2.24) is 119 Å². The molecule has 0 bridgehead atoms. The molecule has 12 heterocycles. The van der Waals surface area contributed by atoms with E-state index in [4.69, 9.17) is 24.4 Å². The Labute approximate surface area is 358 Å². The molecule has 0 spiro atoms. The molecule has 32 heteroatoms. The summed E-state index contributed by atoms with van der Waals surface area (Å²) in [7, 11) is 1.65. The molecule has 0 unspecified atom stereocenters. The monoisotopic (exact) mass is 908 g/mol. The second-order valence-electron chi connectivity index (χ2n) is 12.3. The molecule has 0 fully saturated rings. The average molecular weight is 909 g/mol. The maximum Gasteiger partial charge on any atom is 0.347 e. The topological polar surface area (TPSA) is 442 Å². The molecule has 13 N–H and O–H groups in total. The highest BCUT2D eigenvalue weighted by molar-refractivity contribution is 7.71. The number of aromatic amines is 13. The maximum absolute atomic E-state index is 11.2. The molecule has 0 aliphatic carbocycles. The van der Waals surface area contributed by atoms with Crippen LogP contribution in [-0.4, -0.2) is 119 Å². The predicted octanol–water partition coefficient (Wildman–Crippen LogP) is -0.479. The smallest absolute Gasteiger partial charge is 0.342 e. The van der Waals surface area contributed by atoms with Crippen molar-refractivity contribution in [2.24, 2.45) is 7.05 Å². The van der Waals surface area contributed by atoms with Crippen LogP contribution in [0.3, 0.4) is 0 Å². The van der Waals surface area contributed by atoms with Gasteiger partial charge in [0.15, 0.2) is 49.7 Å². The standard InChI is InChI=1S/2C6H6N4O.2C5H4N4OS.2C5H4N4O/c1-10-3-9-5-4(6(10)11)7-2-8-5;1-3-4-5(8-2-7-4)10-6(11)9-3;10-5-8-3-2(4(11)9-5)6-1-7-3;10-4-2-3(7-1-6-2)8-5(11)9-4;10-5-3-4(7-1-6-3)8-2-9-5;10-5-6-1-3-4(9-5)8-2-7-3/h2-3H,1H3,(H,7,8);2H,1H3,(H2,7,8,9,10,11);2*1H,(H3,6,7,8,9,10,11);2*1-2H,(H2,6,7,8,9,10). The predicted molar refractivity (Wildman–Crippen MR) is 231 cm³/mol. The molecule has 0 atom stereocenters. The van der Waals surface area contributed by atoms with Gasteiger partial charge in [-0.1, -0.05) is 12.2 Å². The third kappa shape index (κ3) is 9.93. The first-order chi connectivity index (χ1) is 30.8. The largest absolute Gasteiger partial charge is 0.347 e. The SMILES string of the molecule is Cc1[nH]c(=O)nc2nc[nH]c12.Cn1cnc2nc[nH]c2c1=O.O=c1[nH]c(=S)[nH]c2nc[nH]c12.O=c1[nH]c(=S)c2[nH]cnc2[nH]1.O=c1[nH]cnc2nc[nH]c12.O=c1ncc2[nH]cnc2[nH]1. The van der Waals surface area contributed by atoms with Crippen molar-refractivity contribution >= 4 is 91.4 Å². The number of nitrogens with one attached hydrogen (secondary N) is 13. The van der Waals surface area contributed by atoms with Gasteiger partial charge in [-0.2, -0.15) is 9.97 Å². The minimum Gasteiger partial charge on any atom is -0.342 e. The van der Waals surface area contributed by atoms with Crippen LogP contribution in [0.5, 0.6) is 0 Å². The summed E-state index contributed by atoms with van der Waals surface area (Å²) in [5, 5.41) is 0. The highest BCUT2D eigenvalue weighted by atomic mass is 32.1. The highest BCUT2D eigenvalue weighted by Crippen LogP contribution is 2.05. The Morgan fingerprint density at radius 2 is 1.06 bits per heavy atom. The molecule has 12 aromatic rings. The first kappa shape index (κ1) is 42.7. The van der Waals surface area contributed by atoms with Crippen LogP contribution >= 0.6 is 24.4 Å². The number of hydrogen-bond donors (Lipinski definition) is 13. The fourth-order valence-corrected chi connectivity index (χ4v) is 5.61. The minimum atomic E-state index is -0.375. The summed E-state index contributed by atoms with van der Waals surface area (Å²) in [4.78, 5) is 137. The molecule has 12 aromatic heterocycles. The van der Waals surface area contributed by atoms with Crippen LogP contribution in [0.15, 0.2) is 85.6 Å². The molecule has 0 saturated heterocycles. The summed E-state index contributed by atoms with van der Waals surface area (Å²) >= 11 is 9.58. The zero-order chi connectivity index (χ0) is 45.3. The zero-order valence-corrected chi connectivity index (χ0v) is 34.0. The highest BCUT2D eigenvalue weighted by Gasteiger charge is 2.03. The molecule has 0 aromatic carbocycles. The van der Waals surface area contributed by atoms with Crippen molar-refractivity contribution in [3.05, 3.63) is 134 Å². The van der Waals surface area contributed by atoms with Crippen LogP contribution in [0, 0.1) is 16.3 Å². The van der Waals surface area contributed by atoms with Crippen LogP contribution in [0.4, 0.5) is 0 Å². The van der Waals surface area contributed by atoms with Gasteiger partial charge in [0, 0.05) is 12.7 Å². The summed E-state index contributed by atoms with van der Waals surface area (Å²) < 4.78 is 2.07. The van der Waals surface area contributed by atoms with Crippen LogP contribution in [0.1, 0.15) is 5.69 Å². The first-order valence-corrected chi connectivity index (χ1v) is 18.5. The number of nitrogens with zero attached hydrogens (tertiary/aromatic N) is 11. The number of aromatic nitrogens is 24. The Morgan fingerprint density at radius 1 is 0.484 bits per heavy atom. The molecular weight excluding hydrogens is 881 g/mol. The third-order valence-corrected chi connectivity index (χ3v) is 8.60. The van der Waals surface area contributed by atoms with E-state index in [0.29, 0.717) is 60.6 Å². The van der Waals surface area contributed by atoms with Gasteiger partial charge < -0.3 is 49.4 Å². The molecule has 324 valence electrons. The number of rotatable bonds is 0. The number of aryl methyl sites for hydroxylation is 2. The van der Waals surface area contributed by atoms with Crippen LogP contribution in [0.2, 0.25) is 0 Å². The molecule has 0 saturated carbocycles. The minimum absolute atomic E-state index is 0.104. The van der Waals surface area contributed by atoms with Crippen molar-refractivity contribution < 1.29 is 0 Å². The van der Waals surface area contributed by atoms with E-state index >= 15 is 0 Å². The van der Waals surface area contributed by atoms with E-state index in [1.807, 2.05) is 0 Å². The van der Waals surface area contributed by atoms with Gasteiger partial charge in [-0.3, -0.25) is 34.3 Å². The summed E-state index contributed by atoms with van der Waals surface area (Å²) in [6, 6.07) is 0. The van der Waals surface area contributed by atoms with E-state index < -0.39 is 0 Å². The Bertz CT molecular complexity index is 3920. The van der Waals surface area contributed by atoms with Gasteiger partial charge >= 0.3 is 17.1 Å². The van der Waals surface area contributed by atoms with Crippen LogP contribution < -0.4 is 33.7 Å². The number of H-pyrrole nitrogens is 13. The molecule has 0 radical (unpaired) electrons. The van der Waals surface area contributed by atoms with Crippen LogP contribution in [-0.2, 0) is 7.05 Å². The van der Waals surface area contributed by atoms with E-state index in [2.05, 4.69) is 115 Å². The van der Waals surface area contributed by atoms with Crippen molar-refractivity contribution in [1.29, 1.82) is 0 Å². The maximum atomic E-state index is 11.2. The first-order valence-electron chi connectivity index (χ1n) is 17.7. The van der Waals surface area contributed by atoms with Crippen LogP contribution in [0.25, 0.3) is 67.0 Å². The van der Waals surface area contributed by atoms with Crippen molar-refractivity contribution in [2.45, 2.75) is 6.92 Å². The number of hydrogen-bond acceptors (Lipinski definition) is 18. The van der Waals surface area contributed by atoms with E-state index in [0.717, 1.165) is 16.7 Å². The fourth-order valence-electron chi connectivity index (χ4n) is 5.18. The van der Waals surface area contributed by atoms with Crippen molar-refractivity contribution in [3.63, 3.8) is 0 Å². The van der Waals surface area contributed by atoms with Gasteiger partial charge in [-0.05, 0) is 19.1 Å². The Morgan fingerprint density at radius 3 is 1.80 bits per heavy atom. The Balaban J connectivity index is 0.000000115. The van der Waals surface area contributed by atoms with E-state index in [9.17, 15) is 28.8 Å². The molecule has 0 amide bonds. The van der Waals surface area contributed by atoms with Crippen molar-refractivity contribution in [2.75, 3.05) is 0 Å². The summed E-state index contributed by atoms with van der Waals surface area (Å²) in [5.41, 5.74) is 5.49. The van der Waals surface area contributed by atoms with E-state index in [1.165, 1.54) is 61.4 Å². The molecule has 30 nitrogen and oxygen atoms in total. The van der Waals surface area contributed by atoms with E-state index in [1.54, 1.807) is 14.0 Å². The lowest BCUT2D eigenvalue weighted by molar-refractivity contribution is 0.839. The molecule has 0 aliphatic rings. The molecular formula is C32H28N24O6S2. The third-order valence-electron chi connectivity index (χ3n) is 8.09. The van der Waals surface area contributed by atoms with Crippen molar-refractivity contribution in [3.8, 4) is 0 Å². The second kappa shape index (κ2) is 18.9. The normalized spacial score (nSPS) is 10.5. The van der Waals surface area contributed by atoms with Gasteiger partial charge in [-0.25, -0.2) is 54.3 Å². The lowest BCUT2D eigenvalue weighted by Crippen LogP contribution is -2.16. The lowest BCUT2D eigenvalue weighted by Gasteiger charge is -1.92.